The molecule has 0 spiro atoms. The van der Waals surface area contributed by atoms with Crippen molar-refractivity contribution in [3.63, 3.8) is 0 Å². The zero-order valence-corrected chi connectivity index (χ0v) is 14.6. The van der Waals surface area contributed by atoms with Crippen LogP contribution in [0.15, 0.2) is 47.0 Å². The third-order valence-corrected chi connectivity index (χ3v) is 4.82. The van der Waals surface area contributed by atoms with Crippen LogP contribution in [-0.2, 0) is 4.79 Å². The summed E-state index contributed by atoms with van der Waals surface area (Å²) >= 11 is 0. The number of halogens is 1. The molecule has 1 fully saturated rings. The van der Waals surface area contributed by atoms with Gasteiger partial charge in [0.05, 0.1) is 5.92 Å². The highest BCUT2D eigenvalue weighted by Gasteiger charge is 2.35. The molecule has 0 N–H and O–H groups in total. The predicted octanol–water partition coefficient (Wildman–Crippen LogP) is 4.01. The zero-order chi connectivity index (χ0) is 18.3. The molecule has 1 saturated heterocycles. The minimum absolute atomic E-state index is 0.0347. The summed E-state index contributed by atoms with van der Waals surface area (Å²) in [7, 11) is 0. The Bertz CT molecular complexity index is 965. The minimum Gasteiger partial charge on any atom is -0.339 e. The van der Waals surface area contributed by atoms with Gasteiger partial charge in [0.25, 0.3) is 0 Å². The molecular formula is C20H18FN3O2. The average molecular weight is 351 g/mol. The van der Waals surface area contributed by atoms with Gasteiger partial charge in [0.1, 0.15) is 5.82 Å². The van der Waals surface area contributed by atoms with Crippen LogP contribution in [0.3, 0.4) is 0 Å². The predicted molar refractivity (Wildman–Crippen MR) is 95.3 cm³/mol. The third kappa shape index (κ3) is 2.98. The van der Waals surface area contributed by atoms with Gasteiger partial charge in [-0.15, -0.1) is 0 Å². The first-order valence-electron chi connectivity index (χ1n) is 8.48. The Kier molecular flexibility index (Phi) is 4.03. The van der Waals surface area contributed by atoms with Crippen molar-refractivity contribution >= 4 is 11.6 Å². The molecule has 0 aliphatic carbocycles. The molecule has 1 aliphatic heterocycles. The lowest BCUT2D eigenvalue weighted by Crippen LogP contribution is -2.24. The number of amides is 1. The summed E-state index contributed by atoms with van der Waals surface area (Å²) in [4.78, 5) is 18.5. The van der Waals surface area contributed by atoms with Crippen LogP contribution in [0.4, 0.5) is 10.1 Å². The third-order valence-electron chi connectivity index (χ3n) is 4.82. The van der Waals surface area contributed by atoms with E-state index in [4.69, 9.17) is 4.52 Å². The Morgan fingerprint density at radius 3 is 2.62 bits per heavy atom. The number of nitrogens with zero attached hydrogens (tertiary/aromatic N) is 3. The van der Waals surface area contributed by atoms with Crippen molar-refractivity contribution in [1.82, 2.24) is 10.1 Å². The number of anilines is 1. The van der Waals surface area contributed by atoms with Crippen molar-refractivity contribution in [2.45, 2.75) is 26.2 Å². The van der Waals surface area contributed by atoms with E-state index in [2.05, 4.69) is 17.1 Å². The first-order valence-corrected chi connectivity index (χ1v) is 8.48. The van der Waals surface area contributed by atoms with Crippen LogP contribution in [0, 0.1) is 19.7 Å². The molecule has 0 radical (unpaired) electrons. The van der Waals surface area contributed by atoms with Crippen molar-refractivity contribution in [2.75, 3.05) is 11.4 Å². The van der Waals surface area contributed by atoms with E-state index in [0.717, 1.165) is 11.1 Å². The lowest BCUT2D eigenvalue weighted by molar-refractivity contribution is -0.117. The van der Waals surface area contributed by atoms with Crippen molar-refractivity contribution in [2.24, 2.45) is 0 Å². The van der Waals surface area contributed by atoms with Gasteiger partial charge in [-0.3, -0.25) is 4.79 Å². The fraction of sp³-hybridized carbons (Fsp3) is 0.250. The summed E-state index contributed by atoms with van der Waals surface area (Å²) in [6.07, 6.45) is 0.298. The quantitative estimate of drug-likeness (QED) is 0.715. The monoisotopic (exact) mass is 351 g/mol. The Balaban J connectivity index is 1.55. The molecule has 1 unspecified atom stereocenters. The first-order chi connectivity index (χ1) is 12.5. The smallest absolute Gasteiger partial charge is 0.232 e. The topological polar surface area (TPSA) is 59.2 Å². The van der Waals surface area contributed by atoms with E-state index in [1.54, 1.807) is 17.0 Å². The van der Waals surface area contributed by atoms with Gasteiger partial charge in [0.2, 0.25) is 17.6 Å². The Morgan fingerprint density at radius 1 is 1.12 bits per heavy atom. The maximum absolute atomic E-state index is 13.1. The van der Waals surface area contributed by atoms with Crippen LogP contribution < -0.4 is 4.90 Å². The fourth-order valence-corrected chi connectivity index (χ4v) is 3.14. The first kappa shape index (κ1) is 16.4. The van der Waals surface area contributed by atoms with E-state index in [9.17, 15) is 9.18 Å². The van der Waals surface area contributed by atoms with Crippen molar-refractivity contribution in [3.05, 3.63) is 65.3 Å². The van der Waals surface area contributed by atoms with E-state index in [1.165, 1.54) is 17.7 Å². The molecule has 1 atom stereocenters. The summed E-state index contributed by atoms with van der Waals surface area (Å²) in [6, 6.07) is 11.9. The molecule has 3 aromatic rings. The zero-order valence-electron chi connectivity index (χ0n) is 14.6. The molecule has 6 heteroatoms. The lowest BCUT2D eigenvalue weighted by Gasteiger charge is -2.15. The molecule has 26 heavy (non-hydrogen) atoms. The molecular weight excluding hydrogens is 333 g/mol. The van der Waals surface area contributed by atoms with Gasteiger partial charge >= 0.3 is 0 Å². The second-order valence-electron chi connectivity index (χ2n) is 6.64. The summed E-state index contributed by atoms with van der Waals surface area (Å²) in [5.41, 5.74) is 3.93. The van der Waals surface area contributed by atoms with Crippen molar-refractivity contribution < 1.29 is 13.7 Å². The number of carbonyl (C=O) groups is 1. The van der Waals surface area contributed by atoms with E-state index >= 15 is 0 Å². The largest absolute Gasteiger partial charge is 0.339 e. The van der Waals surface area contributed by atoms with E-state index < -0.39 is 0 Å². The number of carbonyl (C=O) groups excluding carboxylic acids is 1. The molecule has 4 rings (SSSR count). The second-order valence-corrected chi connectivity index (χ2v) is 6.64. The Labute approximate surface area is 150 Å². The molecule has 132 valence electrons. The van der Waals surface area contributed by atoms with Crippen molar-refractivity contribution in [1.29, 1.82) is 0 Å². The highest BCUT2D eigenvalue weighted by molar-refractivity contribution is 5.96. The molecule has 1 aliphatic rings. The molecule has 2 aromatic carbocycles. The van der Waals surface area contributed by atoms with Gasteiger partial charge in [-0.1, -0.05) is 17.3 Å². The van der Waals surface area contributed by atoms with Crippen LogP contribution in [0.25, 0.3) is 11.4 Å². The standard InChI is InChI=1S/C20H18FN3O2/c1-12-3-4-14(9-13(12)2)19-22-20(26-23-19)15-10-18(25)24(11-15)17-7-5-16(21)6-8-17/h3-9,15H,10-11H2,1-2H3. The van der Waals surface area contributed by atoms with E-state index in [-0.39, 0.29) is 17.6 Å². The number of aryl methyl sites for hydroxylation is 2. The van der Waals surface area contributed by atoms with Gasteiger partial charge in [-0.2, -0.15) is 4.98 Å². The van der Waals surface area contributed by atoms with Gasteiger partial charge in [0.15, 0.2) is 0 Å². The molecule has 5 nitrogen and oxygen atoms in total. The summed E-state index contributed by atoms with van der Waals surface area (Å²) in [5, 5.41) is 4.07. The van der Waals surface area contributed by atoms with Crippen molar-refractivity contribution in [3.8, 4) is 11.4 Å². The normalized spacial score (nSPS) is 17.1. The summed E-state index contributed by atoms with van der Waals surface area (Å²) < 4.78 is 18.5. The van der Waals surface area contributed by atoms with Gasteiger partial charge in [0, 0.05) is 24.2 Å². The maximum atomic E-state index is 13.1. The molecule has 0 bridgehead atoms. The van der Waals surface area contributed by atoms with Crippen LogP contribution in [0.2, 0.25) is 0 Å². The number of hydrogen-bond acceptors (Lipinski definition) is 4. The summed E-state index contributed by atoms with van der Waals surface area (Å²) in [5.74, 6) is 0.451. The highest BCUT2D eigenvalue weighted by atomic mass is 19.1. The maximum Gasteiger partial charge on any atom is 0.232 e. The number of aromatic nitrogens is 2. The van der Waals surface area contributed by atoms with Crippen LogP contribution in [-0.4, -0.2) is 22.6 Å². The number of rotatable bonds is 3. The number of hydrogen-bond donors (Lipinski definition) is 0. The average Bonchev–Trinajstić information content (AvgIpc) is 3.25. The molecule has 0 saturated carbocycles. The van der Waals surface area contributed by atoms with E-state index in [1.807, 2.05) is 25.1 Å². The number of benzene rings is 2. The summed E-state index contributed by atoms with van der Waals surface area (Å²) in [6.45, 7) is 4.53. The minimum atomic E-state index is -0.327. The molecule has 1 aromatic heterocycles. The van der Waals surface area contributed by atoms with E-state index in [0.29, 0.717) is 30.4 Å². The van der Waals surface area contributed by atoms with Crippen LogP contribution in [0.5, 0.6) is 0 Å². The second kappa shape index (κ2) is 6.37. The van der Waals surface area contributed by atoms with Gasteiger partial charge in [-0.05, 0) is 55.3 Å². The fourth-order valence-electron chi connectivity index (χ4n) is 3.14. The van der Waals surface area contributed by atoms with Gasteiger partial charge < -0.3 is 9.42 Å². The molecule has 1 amide bonds. The van der Waals surface area contributed by atoms with Gasteiger partial charge in [-0.25, -0.2) is 4.39 Å². The highest BCUT2D eigenvalue weighted by Crippen LogP contribution is 2.32. The Hall–Kier alpha value is -3.02. The van der Waals surface area contributed by atoms with Crippen LogP contribution in [0.1, 0.15) is 29.4 Å². The lowest BCUT2D eigenvalue weighted by atomic mass is 10.1. The Morgan fingerprint density at radius 2 is 1.88 bits per heavy atom. The SMILES string of the molecule is Cc1ccc(-c2noc(C3CC(=O)N(c4ccc(F)cc4)C3)n2)cc1C. The van der Waals surface area contributed by atoms with Crippen LogP contribution >= 0.6 is 0 Å². The molecule has 2 heterocycles.